The summed E-state index contributed by atoms with van der Waals surface area (Å²) in [6.45, 7) is 6.09. The van der Waals surface area contributed by atoms with Crippen LogP contribution in [0.25, 0.3) is 0 Å². The predicted molar refractivity (Wildman–Crippen MR) is 137 cm³/mol. The van der Waals surface area contributed by atoms with Crippen LogP contribution in [0.1, 0.15) is 23.7 Å². The number of aliphatic imine (C=N–C) groups is 1. The summed E-state index contributed by atoms with van der Waals surface area (Å²) >= 11 is 1.93. The summed E-state index contributed by atoms with van der Waals surface area (Å²) < 4.78 is 0. The molecule has 0 aliphatic carbocycles. The van der Waals surface area contributed by atoms with Gasteiger partial charge in [0.05, 0.1) is 6.54 Å². The fourth-order valence-corrected chi connectivity index (χ4v) is 4.39. The van der Waals surface area contributed by atoms with Gasteiger partial charge in [0.1, 0.15) is 0 Å². The van der Waals surface area contributed by atoms with Crippen LogP contribution in [0.3, 0.4) is 0 Å². The zero-order chi connectivity index (χ0) is 20.3. The fourth-order valence-electron chi connectivity index (χ4n) is 3.34. The van der Waals surface area contributed by atoms with Gasteiger partial charge in [0.2, 0.25) is 0 Å². The molecule has 1 aliphatic rings. The van der Waals surface area contributed by atoms with E-state index in [0.717, 1.165) is 31.3 Å². The summed E-state index contributed by atoms with van der Waals surface area (Å²) in [6, 6.07) is 19.9. The maximum Gasteiger partial charge on any atom is 0.251 e. The first-order chi connectivity index (χ1) is 14.3. The van der Waals surface area contributed by atoms with Crippen LogP contribution in [0.15, 0.2) is 70.6 Å². The molecule has 1 fully saturated rings. The number of rotatable bonds is 8. The van der Waals surface area contributed by atoms with E-state index < -0.39 is 0 Å². The van der Waals surface area contributed by atoms with E-state index in [-0.39, 0.29) is 29.9 Å². The second-order valence-electron chi connectivity index (χ2n) is 7.08. The molecule has 0 aromatic heterocycles. The Bertz CT molecular complexity index is 788. The molecular weight excluding hydrogens is 507 g/mol. The zero-order valence-electron chi connectivity index (χ0n) is 17.4. The third-order valence-electron chi connectivity index (χ3n) is 4.84. The van der Waals surface area contributed by atoms with Crippen LogP contribution in [-0.2, 0) is 0 Å². The Morgan fingerprint density at radius 2 is 1.80 bits per heavy atom. The van der Waals surface area contributed by atoms with Crippen molar-refractivity contribution in [1.29, 1.82) is 0 Å². The lowest BCUT2D eigenvalue weighted by atomic mass is 10.2. The van der Waals surface area contributed by atoms with Gasteiger partial charge >= 0.3 is 0 Å². The second kappa shape index (κ2) is 13.5. The van der Waals surface area contributed by atoms with Crippen LogP contribution in [0.2, 0.25) is 0 Å². The van der Waals surface area contributed by atoms with E-state index in [1.807, 2.05) is 42.1 Å². The number of carbonyl (C=O) groups excluding carboxylic acids is 1. The van der Waals surface area contributed by atoms with Crippen molar-refractivity contribution in [3.05, 3.63) is 66.2 Å². The Morgan fingerprint density at radius 3 is 2.50 bits per heavy atom. The Labute approximate surface area is 201 Å². The van der Waals surface area contributed by atoms with Gasteiger partial charge in [0, 0.05) is 42.4 Å². The predicted octanol–water partition coefficient (Wildman–Crippen LogP) is 4.11. The SMILES string of the molecule is CCNC(=NCCNC(=O)c1ccccc1)N1CCC(CSc2ccccc2)C1.I. The van der Waals surface area contributed by atoms with Gasteiger partial charge in [-0.05, 0) is 43.5 Å². The van der Waals surface area contributed by atoms with Gasteiger partial charge in [-0.1, -0.05) is 36.4 Å². The summed E-state index contributed by atoms with van der Waals surface area (Å²) in [5.41, 5.74) is 0.682. The summed E-state index contributed by atoms with van der Waals surface area (Å²) in [5, 5.41) is 6.33. The first-order valence-electron chi connectivity index (χ1n) is 10.3. The minimum Gasteiger partial charge on any atom is -0.357 e. The number of carbonyl (C=O) groups is 1. The number of thioether (sulfide) groups is 1. The number of hydrogen-bond acceptors (Lipinski definition) is 3. The molecule has 1 aliphatic heterocycles. The van der Waals surface area contributed by atoms with Gasteiger partial charge in [-0.15, -0.1) is 35.7 Å². The van der Waals surface area contributed by atoms with Crippen LogP contribution < -0.4 is 10.6 Å². The maximum absolute atomic E-state index is 12.1. The second-order valence-corrected chi connectivity index (χ2v) is 8.18. The molecular formula is C23H31IN4OS. The molecule has 0 radical (unpaired) electrons. The van der Waals surface area contributed by atoms with Crippen molar-refractivity contribution in [2.75, 3.05) is 38.5 Å². The van der Waals surface area contributed by atoms with Crippen LogP contribution in [-0.4, -0.2) is 55.2 Å². The van der Waals surface area contributed by atoms with E-state index in [1.54, 1.807) is 0 Å². The van der Waals surface area contributed by atoms with E-state index in [1.165, 1.54) is 11.3 Å². The van der Waals surface area contributed by atoms with Crippen LogP contribution >= 0.6 is 35.7 Å². The largest absolute Gasteiger partial charge is 0.357 e. The topological polar surface area (TPSA) is 56.7 Å². The minimum absolute atomic E-state index is 0. The summed E-state index contributed by atoms with van der Waals surface area (Å²) in [4.78, 5) is 20.5. The van der Waals surface area contributed by atoms with Gasteiger partial charge in [0.15, 0.2) is 5.96 Å². The highest BCUT2D eigenvalue weighted by atomic mass is 127. The molecule has 1 saturated heterocycles. The summed E-state index contributed by atoms with van der Waals surface area (Å²) in [7, 11) is 0. The van der Waals surface area contributed by atoms with Crippen molar-refractivity contribution in [3.63, 3.8) is 0 Å². The molecule has 1 heterocycles. The average molecular weight is 538 g/mol. The van der Waals surface area contributed by atoms with Gasteiger partial charge in [-0.25, -0.2) is 0 Å². The van der Waals surface area contributed by atoms with Crippen molar-refractivity contribution < 1.29 is 4.79 Å². The molecule has 0 spiro atoms. The van der Waals surface area contributed by atoms with Crippen molar-refractivity contribution in [3.8, 4) is 0 Å². The third kappa shape index (κ3) is 7.83. The van der Waals surface area contributed by atoms with Gasteiger partial charge < -0.3 is 15.5 Å². The number of hydrogen-bond donors (Lipinski definition) is 2. The summed E-state index contributed by atoms with van der Waals surface area (Å²) in [5.74, 6) is 2.70. The highest BCUT2D eigenvalue weighted by Crippen LogP contribution is 2.25. The molecule has 1 unspecified atom stereocenters. The first-order valence-corrected chi connectivity index (χ1v) is 11.3. The molecule has 0 bridgehead atoms. The van der Waals surface area contributed by atoms with Crippen molar-refractivity contribution in [1.82, 2.24) is 15.5 Å². The number of amides is 1. The van der Waals surface area contributed by atoms with Crippen LogP contribution in [0.4, 0.5) is 0 Å². The number of likely N-dealkylation sites (tertiary alicyclic amines) is 1. The van der Waals surface area contributed by atoms with Crippen molar-refractivity contribution >= 4 is 47.6 Å². The Kier molecular flexibility index (Phi) is 11.1. The normalized spacial score (nSPS) is 16.1. The number of guanidine groups is 1. The molecule has 0 saturated carbocycles. The van der Waals surface area contributed by atoms with E-state index in [4.69, 9.17) is 4.99 Å². The monoisotopic (exact) mass is 538 g/mol. The average Bonchev–Trinajstić information content (AvgIpc) is 3.24. The third-order valence-corrected chi connectivity index (χ3v) is 6.09. The van der Waals surface area contributed by atoms with Crippen molar-refractivity contribution in [2.45, 2.75) is 18.2 Å². The highest BCUT2D eigenvalue weighted by Gasteiger charge is 2.24. The molecule has 30 heavy (non-hydrogen) atoms. The molecule has 162 valence electrons. The molecule has 5 nitrogen and oxygen atoms in total. The molecule has 2 N–H and O–H groups in total. The number of nitrogens with zero attached hydrogens (tertiary/aromatic N) is 2. The molecule has 3 rings (SSSR count). The smallest absolute Gasteiger partial charge is 0.251 e. The quantitative estimate of drug-likeness (QED) is 0.175. The minimum atomic E-state index is -0.0509. The number of halogens is 1. The number of nitrogens with one attached hydrogen (secondary N) is 2. The van der Waals surface area contributed by atoms with E-state index >= 15 is 0 Å². The molecule has 7 heteroatoms. The number of benzene rings is 2. The van der Waals surface area contributed by atoms with Crippen LogP contribution in [0, 0.1) is 5.92 Å². The highest BCUT2D eigenvalue weighted by molar-refractivity contribution is 14.0. The summed E-state index contributed by atoms with van der Waals surface area (Å²) in [6.07, 6.45) is 1.19. The van der Waals surface area contributed by atoms with Gasteiger partial charge in [-0.3, -0.25) is 9.79 Å². The fraction of sp³-hybridized carbons (Fsp3) is 0.391. The Balaban J connectivity index is 0.00000320. The molecule has 1 atom stereocenters. The standard InChI is InChI=1S/C23H30N4OS.HI/c1-2-24-23(26-15-14-25-22(28)20-9-5-3-6-10-20)27-16-13-19(17-27)18-29-21-11-7-4-8-12-21;/h3-12,19H,2,13-18H2,1H3,(H,24,26)(H,25,28);1H. The lowest BCUT2D eigenvalue weighted by Crippen LogP contribution is -2.40. The first kappa shape index (κ1) is 24.5. The lowest BCUT2D eigenvalue weighted by Gasteiger charge is -2.21. The van der Waals surface area contributed by atoms with E-state index in [0.29, 0.717) is 24.6 Å². The Morgan fingerprint density at radius 1 is 1.10 bits per heavy atom. The maximum atomic E-state index is 12.1. The molecule has 2 aromatic rings. The zero-order valence-corrected chi connectivity index (χ0v) is 20.6. The molecule has 1 amide bonds. The van der Waals surface area contributed by atoms with Crippen LogP contribution in [0.5, 0.6) is 0 Å². The lowest BCUT2D eigenvalue weighted by molar-refractivity contribution is 0.0955. The molecule has 2 aromatic carbocycles. The van der Waals surface area contributed by atoms with Crippen molar-refractivity contribution in [2.24, 2.45) is 10.9 Å². The van der Waals surface area contributed by atoms with Gasteiger partial charge in [0.25, 0.3) is 5.91 Å². The van der Waals surface area contributed by atoms with E-state index in [2.05, 4.69) is 52.8 Å². The van der Waals surface area contributed by atoms with Gasteiger partial charge in [-0.2, -0.15) is 0 Å². The Hall–Kier alpha value is -1.74. The van der Waals surface area contributed by atoms with E-state index in [9.17, 15) is 4.79 Å².